The fourth-order valence-corrected chi connectivity index (χ4v) is 1.16. The van der Waals surface area contributed by atoms with E-state index < -0.39 is 0 Å². The van der Waals surface area contributed by atoms with E-state index in [1.807, 2.05) is 13.0 Å². The summed E-state index contributed by atoms with van der Waals surface area (Å²) in [5.41, 5.74) is 1.01. The first-order chi connectivity index (χ1) is 6.54. The monoisotopic (exact) mass is 198 g/mol. The van der Waals surface area contributed by atoms with Gasteiger partial charge in [0.15, 0.2) is 0 Å². The average molecular weight is 198 g/mol. The molecule has 1 atom stereocenters. The standard InChI is InChI=1S/C12H22O2/c1-5-12(4,14-10-9-13)8-6-7-11(2)3/h5,7,13H,1,6,8-10H2,2-4H3. The zero-order valence-corrected chi connectivity index (χ0v) is 9.55. The number of hydrogen-bond donors (Lipinski definition) is 1. The summed E-state index contributed by atoms with van der Waals surface area (Å²) in [6.45, 7) is 10.4. The lowest BCUT2D eigenvalue weighted by atomic mass is 9.99. The molecule has 1 unspecified atom stereocenters. The van der Waals surface area contributed by atoms with E-state index in [-0.39, 0.29) is 12.2 Å². The first-order valence-corrected chi connectivity index (χ1v) is 5.06. The van der Waals surface area contributed by atoms with Crippen molar-refractivity contribution in [3.8, 4) is 0 Å². The highest BCUT2D eigenvalue weighted by atomic mass is 16.5. The van der Waals surface area contributed by atoms with E-state index >= 15 is 0 Å². The van der Waals surface area contributed by atoms with Gasteiger partial charge in [-0.2, -0.15) is 0 Å². The Morgan fingerprint density at radius 3 is 2.57 bits per heavy atom. The molecule has 0 aromatic rings. The predicted octanol–water partition coefficient (Wildman–Crippen LogP) is 2.69. The van der Waals surface area contributed by atoms with E-state index in [2.05, 4.69) is 26.5 Å². The van der Waals surface area contributed by atoms with Gasteiger partial charge in [-0.1, -0.05) is 17.7 Å². The lowest BCUT2D eigenvalue weighted by Gasteiger charge is -2.25. The molecule has 0 fully saturated rings. The Morgan fingerprint density at radius 1 is 1.50 bits per heavy atom. The van der Waals surface area contributed by atoms with Crippen LogP contribution in [0.2, 0.25) is 0 Å². The molecule has 0 bridgehead atoms. The fraction of sp³-hybridized carbons (Fsp3) is 0.667. The zero-order valence-electron chi connectivity index (χ0n) is 9.55. The second-order valence-electron chi connectivity index (χ2n) is 3.91. The Bertz CT molecular complexity index is 192. The second kappa shape index (κ2) is 6.80. The number of aliphatic hydroxyl groups is 1. The van der Waals surface area contributed by atoms with Crippen LogP contribution in [0.4, 0.5) is 0 Å². The molecule has 2 heteroatoms. The van der Waals surface area contributed by atoms with Crippen LogP contribution in [0.5, 0.6) is 0 Å². The summed E-state index contributed by atoms with van der Waals surface area (Å²) < 4.78 is 5.51. The molecule has 82 valence electrons. The van der Waals surface area contributed by atoms with Gasteiger partial charge in [0, 0.05) is 0 Å². The maximum Gasteiger partial charge on any atom is 0.0835 e. The van der Waals surface area contributed by atoms with Crippen molar-refractivity contribution in [1.29, 1.82) is 0 Å². The van der Waals surface area contributed by atoms with E-state index in [9.17, 15) is 0 Å². The predicted molar refractivity (Wildman–Crippen MR) is 60.3 cm³/mol. The van der Waals surface area contributed by atoms with Crippen molar-refractivity contribution in [2.45, 2.75) is 39.2 Å². The maximum atomic E-state index is 8.67. The van der Waals surface area contributed by atoms with E-state index in [1.54, 1.807) is 0 Å². The van der Waals surface area contributed by atoms with E-state index in [0.717, 1.165) is 12.8 Å². The van der Waals surface area contributed by atoms with Gasteiger partial charge in [-0.3, -0.25) is 0 Å². The molecule has 0 aliphatic carbocycles. The molecule has 0 heterocycles. The van der Waals surface area contributed by atoms with Crippen LogP contribution < -0.4 is 0 Å². The molecule has 0 saturated heterocycles. The third kappa shape index (κ3) is 5.95. The first kappa shape index (κ1) is 13.4. The molecule has 0 aliphatic heterocycles. The topological polar surface area (TPSA) is 29.5 Å². The van der Waals surface area contributed by atoms with Crippen molar-refractivity contribution in [1.82, 2.24) is 0 Å². The van der Waals surface area contributed by atoms with Gasteiger partial charge in [0.1, 0.15) is 0 Å². The van der Waals surface area contributed by atoms with Crippen LogP contribution in [-0.4, -0.2) is 23.9 Å². The minimum Gasteiger partial charge on any atom is -0.394 e. The van der Waals surface area contributed by atoms with Gasteiger partial charge in [-0.15, -0.1) is 6.58 Å². The normalized spacial score (nSPS) is 14.6. The summed E-state index contributed by atoms with van der Waals surface area (Å²) in [6.07, 6.45) is 5.88. The Hall–Kier alpha value is -0.600. The number of ether oxygens (including phenoxy) is 1. The van der Waals surface area contributed by atoms with E-state index in [0.29, 0.717) is 6.61 Å². The summed E-state index contributed by atoms with van der Waals surface area (Å²) in [5, 5.41) is 8.67. The van der Waals surface area contributed by atoms with Crippen molar-refractivity contribution in [3.05, 3.63) is 24.3 Å². The third-order valence-corrected chi connectivity index (χ3v) is 2.15. The van der Waals surface area contributed by atoms with Crippen molar-refractivity contribution in [2.75, 3.05) is 13.2 Å². The van der Waals surface area contributed by atoms with Gasteiger partial charge in [-0.25, -0.2) is 0 Å². The molecule has 0 spiro atoms. The van der Waals surface area contributed by atoms with Crippen LogP contribution in [-0.2, 0) is 4.74 Å². The molecule has 0 rings (SSSR count). The molecule has 0 aromatic heterocycles. The Kier molecular flexibility index (Phi) is 6.50. The highest BCUT2D eigenvalue weighted by Crippen LogP contribution is 2.19. The number of aliphatic hydroxyl groups excluding tert-OH is 1. The minimum absolute atomic E-state index is 0.0616. The van der Waals surface area contributed by atoms with Crippen LogP contribution >= 0.6 is 0 Å². The molecule has 14 heavy (non-hydrogen) atoms. The van der Waals surface area contributed by atoms with E-state index in [4.69, 9.17) is 9.84 Å². The maximum absolute atomic E-state index is 8.67. The number of hydrogen-bond acceptors (Lipinski definition) is 2. The molecule has 0 amide bonds. The highest BCUT2D eigenvalue weighted by molar-refractivity contribution is 4.99. The summed E-state index contributed by atoms with van der Waals surface area (Å²) in [5.74, 6) is 0. The SMILES string of the molecule is C=CC(C)(CCC=C(C)C)OCCO. The smallest absolute Gasteiger partial charge is 0.0835 e. The molecular formula is C12H22O2. The van der Waals surface area contributed by atoms with Gasteiger partial charge in [0.2, 0.25) is 0 Å². The quantitative estimate of drug-likeness (QED) is 0.637. The third-order valence-electron chi connectivity index (χ3n) is 2.15. The molecule has 0 radical (unpaired) electrons. The van der Waals surface area contributed by atoms with Crippen LogP contribution in [0.3, 0.4) is 0 Å². The van der Waals surface area contributed by atoms with Gasteiger partial charge in [0.05, 0.1) is 18.8 Å². The summed E-state index contributed by atoms with van der Waals surface area (Å²) >= 11 is 0. The van der Waals surface area contributed by atoms with Crippen molar-refractivity contribution in [2.24, 2.45) is 0 Å². The molecule has 1 N–H and O–H groups in total. The molecule has 0 aromatic carbocycles. The number of allylic oxidation sites excluding steroid dienone is 2. The average Bonchev–Trinajstić information content (AvgIpc) is 2.14. The summed E-state index contributed by atoms with van der Waals surface area (Å²) in [7, 11) is 0. The van der Waals surface area contributed by atoms with Gasteiger partial charge in [0.25, 0.3) is 0 Å². The Morgan fingerprint density at radius 2 is 2.14 bits per heavy atom. The van der Waals surface area contributed by atoms with Crippen molar-refractivity contribution in [3.63, 3.8) is 0 Å². The minimum atomic E-state index is -0.311. The molecular weight excluding hydrogens is 176 g/mol. The first-order valence-electron chi connectivity index (χ1n) is 5.06. The second-order valence-corrected chi connectivity index (χ2v) is 3.91. The van der Waals surface area contributed by atoms with E-state index in [1.165, 1.54) is 5.57 Å². The highest BCUT2D eigenvalue weighted by Gasteiger charge is 2.19. The Balaban J connectivity index is 3.98. The van der Waals surface area contributed by atoms with Gasteiger partial charge < -0.3 is 9.84 Å². The summed E-state index contributed by atoms with van der Waals surface area (Å²) in [4.78, 5) is 0. The van der Waals surface area contributed by atoms with Crippen LogP contribution in [0.15, 0.2) is 24.3 Å². The lowest BCUT2D eigenvalue weighted by Crippen LogP contribution is -2.27. The lowest BCUT2D eigenvalue weighted by molar-refractivity contribution is -0.0169. The van der Waals surface area contributed by atoms with Crippen LogP contribution in [0, 0.1) is 0 Å². The van der Waals surface area contributed by atoms with Gasteiger partial charge in [-0.05, 0) is 33.6 Å². The Labute approximate surface area is 87.3 Å². The molecule has 0 saturated carbocycles. The van der Waals surface area contributed by atoms with Crippen LogP contribution in [0.25, 0.3) is 0 Å². The summed E-state index contributed by atoms with van der Waals surface area (Å²) in [6, 6.07) is 0. The van der Waals surface area contributed by atoms with Gasteiger partial charge >= 0.3 is 0 Å². The number of rotatable bonds is 7. The zero-order chi connectivity index (χ0) is 11.0. The molecule has 2 nitrogen and oxygen atoms in total. The van der Waals surface area contributed by atoms with Crippen LogP contribution in [0.1, 0.15) is 33.6 Å². The fourth-order valence-electron chi connectivity index (χ4n) is 1.16. The van der Waals surface area contributed by atoms with Crippen molar-refractivity contribution < 1.29 is 9.84 Å². The largest absolute Gasteiger partial charge is 0.394 e. The van der Waals surface area contributed by atoms with Crippen molar-refractivity contribution >= 4 is 0 Å². The molecule has 0 aliphatic rings.